The summed E-state index contributed by atoms with van der Waals surface area (Å²) in [6.07, 6.45) is 1.21. The molecule has 1 aromatic heterocycles. The van der Waals surface area contributed by atoms with Gasteiger partial charge in [-0.3, -0.25) is 0 Å². The number of rotatable bonds is 2. The minimum Gasteiger partial charge on any atom is -1.00 e. The maximum Gasteiger partial charge on any atom is 0.388 e. The van der Waals surface area contributed by atoms with E-state index in [0.717, 1.165) is 0 Å². The Hall–Kier alpha value is -1.21. The summed E-state index contributed by atoms with van der Waals surface area (Å²) in [6.45, 7) is 1.76. The van der Waals surface area contributed by atoms with Gasteiger partial charge in [0.25, 0.3) is 5.82 Å². The highest BCUT2D eigenvalue weighted by molar-refractivity contribution is 5.82. The van der Waals surface area contributed by atoms with Crippen LogP contribution in [0.25, 0.3) is 0 Å². The van der Waals surface area contributed by atoms with Gasteiger partial charge < -0.3 is 26.8 Å². The van der Waals surface area contributed by atoms with Crippen molar-refractivity contribution in [2.45, 2.75) is 19.2 Å². The number of carbonyl (C=O) groups excluding carboxylic acids is 1. The molecule has 0 amide bonds. The van der Waals surface area contributed by atoms with Crippen molar-refractivity contribution in [2.75, 3.05) is 11.9 Å². The summed E-state index contributed by atoms with van der Waals surface area (Å²) in [5.41, 5.74) is -1.81. The van der Waals surface area contributed by atoms with Crippen LogP contribution in [0, 0.1) is 5.82 Å². The zero-order valence-corrected chi connectivity index (χ0v) is 10.7. The average Bonchev–Trinajstić information content (AvgIpc) is 2.55. The number of ether oxygens (including phenoxy) is 1. The van der Waals surface area contributed by atoms with E-state index in [1.54, 1.807) is 6.92 Å². The minimum atomic E-state index is -1.81. The lowest BCUT2D eigenvalue weighted by Gasteiger charge is -2.13. The van der Waals surface area contributed by atoms with Gasteiger partial charge in [-0.1, -0.05) is 0 Å². The predicted octanol–water partition coefficient (Wildman–Crippen LogP) is -3.21. The fraction of sp³-hybridized carbons (Fsp3) is 0.400. The molecular formula is C10H12BrFN2O3. The second-order valence-corrected chi connectivity index (χ2v) is 3.57. The lowest BCUT2D eigenvalue weighted by Crippen LogP contribution is -3.00. The Labute approximate surface area is 108 Å². The second-order valence-electron chi connectivity index (χ2n) is 3.57. The average molecular weight is 307 g/mol. The molecular weight excluding hydrogens is 295 g/mol. The van der Waals surface area contributed by atoms with Gasteiger partial charge in [0, 0.05) is 6.07 Å². The van der Waals surface area contributed by atoms with E-state index in [1.165, 1.54) is 22.9 Å². The molecule has 0 saturated carbocycles. The van der Waals surface area contributed by atoms with E-state index in [2.05, 4.69) is 5.32 Å². The van der Waals surface area contributed by atoms with Crippen LogP contribution in [0.15, 0.2) is 18.3 Å². The van der Waals surface area contributed by atoms with Crippen molar-refractivity contribution in [1.29, 1.82) is 0 Å². The standard InChI is InChI=1S/C10H11FN2O3.BrH/c1-2-16-9(14)10(15)6-13-5-7(11)3-4-8(13)12-10;/h3-5,15H,2,6H2,1H3;1H. The molecule has 1 atom stereocenters. The number of halogens is 2. The van der Waals surface area contributed by atoms with Crippen molar-refractivity contribution in [3.8, 4) is 0 Å². The first kappa shape index (κ1) is 13.9. The predicted molar refractivity (Wildman–Crippen MR) is 51.8 cm³/mol. The summed E-state index contributed by atoms with van der Waals surface area (Å²) in [7, 11) is 0. The zero-order chi connectivity index (χ0) is 11.8. The number of aliphatic hydroxyl groups is 1. The maximum absolute atomic E-state index is 12.9. The van der Waals surface area contributed by atoms with Gasteiger partial charge in [-0.25, -0.2) is 19.1 Å². The highest BCUT2D eigenvalue weighted by atomic mass is 79.9. The van der Waals surface area contributed by atoms with Crippen LogP contribution in [0.4, 0.5) is 10.2 Å². The van der Waals surface area contributed by atoms with Gasteiger partial charge in [-0.05, 0) is 13.0 Å². The van der Waals surface area contributed by atoms with Crippen LogP contribution < -0.4 is 26.9 Å². The molecule has 1 aliphatic rings. The molecule has 0 aromatic carbocycles. The molecule has 1 aliphatic heterocycles. The summed E-state index contributed by atoms with van der Waals surface area (Å²) in [5, 5.41) is 12.6. The van der Waals surface area contributed by atoms with Crippen LogP contribution in [-0.4, -0.2) is 23.4 Å². The van der Waals surface area contributed by atoms with Gasteiger partial charge in [0.1, 0.15) is 6.20 Å². The lowest BCUT2D eigenvalue weighted by molar-refractivity contribution is -0.681. The topological polar surface area (TPSA) is 62.4 Å². The quantitative estimate of drug-likeness (QED) is 0.446. The number of aromatic nitrogens is 1. The lowest BCUT2D eigenvalue weighted by atomic mass is 10.2. The van der Waals surface area contributed by atoms with Gasteiger partial charge >= 0.3 is 11.7 Å². The van der Waals surface area contributed by atoms with Gasteiger partial charge in [0.2, 0.25) is 0 Å². The molecule has 0 bridgehead atoms. The monoisotopic (exact) mass is 306 g/mol. The molecule has 0 radical (unpaired) electrons. The number of hydrogen-bond donors (Lipinski definition) is 2. The molecule has 94 valence electrons. The van der Waals surface area contributed by atoms with Gasteiger partial charge in [-0.2, -0.15) is 0 Å². The van der Waals surface area contributed by atoms with E-state index in [-0.39, 0.29) is 30.1 Å². The van der Waals surface area contributed by atoms with Gasteiger partial charge in [-0.15, -0.1) is 0 Å². The molecule has 0 saturated heterocycles. The molecule has 5 nitrogen and oxygen atoms in total. The number of hydrogen-bond acceptors (Lipinski definition) is 4. The molecule has 7 heteroatoms. The maximum atomic E-state index is 12.9. The Morgan fingerprint density at radius 2 is 2.41 bits per heavy atom. The number of nitrogens with zero attached hydrogens (tertiary/aromatic N) is 1. The van der Waals surface area contributed by atoms with Crippen LogP contribution in [0.3, 0.4) is 0 Å². The highest BCUT2D eigenvalue weighted by Gasteiger charge is 2.50. The van der Waals surface area contributed by atoms with Crippen molar-refractivity contribution in [3.05, 3.63) is 24.1 Å². The Balaban J connectivity index is 0.00000144. The van der Waals surface area contributed by atoms with Crippen LogP contribution in [0.5, 0.6) is 0 Å². The summed E-state index contributed by atoms with van der Waals surface area (Å²) in [4.78, 5) is 11.5. The summed E-state index contributed by atoms with van der Waals surface area (Å²) >= 11 is 0. The smallest absolute Gasteiger partial charge is 0.388 e. The first-order valence-corrected chi connectivity index (χ1v) is 4.92. The van der Waals surface area contributed by atoms with Gasteiger partial charge in [0.05, 0.1) is 6.61 Å². The van der Waals surface area contributed by atoms with Crippen LogP contribution in [0.2, 0.25) is 0 Å². The third kappa shape index (κ3) is 2.55. The fourth-order valence-electron chi connectivity index (χ4n) is 1.62. The first-order valence-electron chi connectivity index (χ1n) is 4.92. The molecule has 1 unspecified atom stereocenters. The second kappa shape index (κ2) is 4.97. The molecule has 0 fully saturated rings. The number of pyridine rings is 1. The normalized spacial score (nSPS) is 21.1. The Morgan fingerprint density at radius 1 is 1.71 bits per heavy atom. The molecule has 0 aliphatic carbocycles. The van der Waals surface area contributed by atoms with Crippen LogP contribution >= 0.6 is 0 Å². The molecule has 2 rings (SSSR count). The number of carbonyl (C=O) groups is 1. The van der Waals surface area contributed by atoms with E-state index < -0.39 is 17.5 Å². The summed E-state index contributed by atoms with van der Waals surface area (Å²) in [5.74, 6) is -0.727. The number of nitrogens with one attached hydrogen (secondary N) is 1. The molecule has 0 spiro atoms. The molecule has 17 heavy (non-hydrogen) atoms. The van der Waals surface area contributed by atoms with Crippen molar-refractivity contribution in [3.63, 3.8) is 0 Å². The fourth-order valence-corrected chi connectivity index (χ4v) is 1.62. The number of anilines is 1. The molecule has 2 heterocycles. The third-order valence-corrected chi connectivity index (χ3v) is 2.34. The van der Waals surface area contributed by atoms with E-state index in [9.17, 15) is 14.3 Å². The highest BCUT2D eigenvalue weighted by Crippen LogP contribution is 2.19. The summed E-state index contributed by atoms with van der Waals surface area (Å²) < 4.78 is 19.1. The minimum absolute atomic E-state index is 0. The molecule has 2 N–H and O–H groups in total. The van der Waals surface area contributed by atoms with Crippen molar-refractivity contribution in [1.82, 2.24) is 0 Å². The number of fused-ring (bicyclic) bond motifs is 1. The van der Waals surface area contributed by atoms with E-state index in [1.807, 2.05) is 0 Å². The Kier molecular flexibility index (Phi) is 4.05. The van der Waals surface area contributed by atoms with E-state index >= 15 is 0 Å². The largest absolute Gasteiger partial charge is 1.00 e. The van der Waals surface area contributed by atoms with E-state index in [4.69, 9.17) is 4.74 Å². The van der Waals surface area contributed by atoms with Crippen LogP contribution in [-0.2, 0) is 16.1 Å². The van der Waals surface area contributed by atoms with Crippen LogP contribution in [0.1, 0.15) is 6.92 Å². The van der Waals surface area contributed by atoms with E-state index in [0.29, 0.717) is 5.82 Å². The number of esters is 1. The SMILES string of the molecule is CCOC(=O)C1(O)C[n+]2cc(F)ccc2N1.[Br-]. The van der Waals surface area contributed by atoms with Gasteiger partial charge in [0.15, 0.2) is 12.4 Å². The summed E-state index contributed by atoms with van der Waals surface area (Å²) in [6, 6.07) is 2.70. The first-order chi connectivity index (χ1) is 7.55. The van der Waals surface area contributed by atoms with Crippen molar-refractivity contribution < 1.29 is 40.6 Å². The Bertz CT molecular complexity index is 444. The zero-order valence-electron chi connectivity index (χ0n) is 9.11. The van der Waals surface area contributed by atoms with Crippen molar-refractivity contribution >= 4 is 11.8 Å². The third-order valence-electron chi connectivity index (χ3n) is 2.34. The Morgan fingerprint density at radius 3 is 3.06 bits per heavy atom. The van der Waals surface area contributed by atoms with Crippen molar-refractivity contribution in [2.24, 2.45) is 0 Å². The molecule has 1 aromatic rings.